The third-order valence-electron chi connectivity index (χ3n) is 9.88. The van der Waals surface area contributed by atoms with Gasteiger partial charge in [0.1, 0.15) is 11.5 Å². The highest BCUT2D eigenvalue weighted by molar-refractivity contribution is 7.69. The predicted molar refractivity (Wildman–Crippen MR) is 223 cm³/mol. The van der Waals surface area contributed by atoms with Crippen molar-refractivity contribution in [2.24, 2.45) is 0 Å². The summed E-state index contributed by atoms with van der Waals surface area (Å²) < 4.78 is 14.8. The molecule has 1 aliphatic rings. The van der Waals surface area contributed by atoms with Crippen LogP contribution in [0.25, 0.3) is 11.1 Å². The summed E-state index contributed by atoms with van der Waals surface area (Å²) >= 11 is 0. The minimum absolute atomic E-state index is 0.747. The molecule has 0 aliphatic heterocycles. The standard InChI is InChI=1S/C49H36O2P2/c1-5-21-37(22-6-1)52(38-23-7-2-8-24-38)50-47-35-19-17-33-45(47)49(43-31-15-13-29-41(43)42-30-14-16-32-44(42)49)46-34-18-20-36-48(46)51-53(39-25-9-3-10-26-39)40-27-11-4-12-28-40/h1-36H. The highest BCUT2D eigenvalue weighted by Crippen LogP contribution is 2.60. The third-order valence-corrected chi connectivity index (χ3v) is 13.7. The molecule has 0 heterocycles. The van der Waals surface area contributed by atoms with E-state index >= 15 is 0 Å². The average Bonchev–Trinajstić information content (AvgIpc) is 3.54. The maximum absolute atomic E-state index is 7.39. The molecule has 0 saturated carbocycles. The van der Waals surface area contributed by atoms with Crippen LogP contribution in [-0.4, -0.2) is 0 Å². The van der Waals surface area contributed by atoms with E-state index in [-0.39, 0.29) is 0 Å². The Morgan fingerprint density at radius 2 is 0.528 bits per heavy atom. The minimum Gasteiger partial charge on any atom is -0.464 e. The molecule has 0 spiro atoms. The number of hydrogen-bond acceptors (Lipinski definition) is 2. The van der Waals surface area contributed by atoms with Crippen molar-refractivity contribution in [2.45, 2.75) is 5.41 Å². The molecular formula is C49H36O2P2. The lowest BCUT2D eigenvalue weighted by molar-refractivity contribution is 0.577. The van der Waals surface area contributed by atoms with Crippen molar-refractivity contribution in [2.75, 3.05) is 0 Å². The van der Waals surface area contributed by atoms with Gasteiger partial charge in [-0.15, -0.1) is 0 Å². The van der Waals surface area contributed by atoms with Crippen LogP contribution < -0.4 is 30.3 Å². The van der Waals surface area contributed by atoms with E-state index in [1.54, 1.807) is 0 Å². The fourth-order valence-electron chi connectivity index (χ4n) is 7.63. The summed E-state index contributed by atoms with van der Waals surface area (Å²) in [7, 11) is -2.39. The summed E-state index contributed by atoms with van der Waals surface area (Å²) in [4.78, 5) is 0. The van der Waals surface area contributed by atoms with Gasteiger partial charge in [-0.3, -0.25) is 0 Å². The molecule has 0 saturated heterocycles. The summed E-state index contributed by atoms with van der Waals surface area (Å²) in [5, 5.41) is 4.63. The van der Waals surface area contributed by atoms with E-state index in [0.717, 1.165) is 43.8 Å². The van der Waals surface area contributed by atoms with Crippen LogP contribution in [-0.2, 0) is 5.41 Å². The van der Waals surface area contributed by atoms with Crippen LogP contribution in [0.15, 0.2) is 218 Å². The topological polar surface area (TPSA) is 18.5 Å². The number of benzene rings is 8. The van der Waals surface area contributed by atoms with Gasteiger partial charge in [-0.1, -0.05) is 206 Å². The lowest BCUT2D eigenvalue weighted by atomic mass is 9.67. The zero-order valence-electron chi connectivity index (χ0n) is 29.0. The second-order valence-corrected chi connectivity index (χ2v) is 16.6. The van der Waals surface area contributed by atoms with Crippen LogP contribution in [0.2, 0.25) is 0 Å². The molecule has 1 aliphatic carbocycles. The molecule has 9 rings (SSSR count). The van der Waals surface area contributed by atoms with Crippen molar-refractivity contribution in [3.05, 3.63) is 241 Å². The van der Waals surface area contributed by atoms with Crippen LogP contribution in [0.4, 0.5) is 0 Å². The van der Waals surface area contributed by atoms with Gasteiger partial charge in [0, 0.05) is 32.3 Å². The molecule has 8 aromatic rings. The van der Waals surface area contributed by atoms with Crippen LogP contribution >= 0.6 is 16.3 Å². The Morgan fingerprint density at radius 3 is 0.868 bits per heavy atom. The zero-order valence-corrected chi connectivity index (χ0v) is 30.8. The molecule has 2 nitrogen and oxygen atoms in total. The van der Waals surface area contributed by atoms with Gasteiger partial charge in [-0.25, -0.2) is 0 Å². The molecule has 0 aromatic heterocycles. The van der Waals surface area contributed by atoms with Gasteiger partial charge in [0.25, 0.3) is 0 Å². The van der Waals surface area contributed by atoms with E-state index < -0.39 is 21.7 Å². The maximum atomic E-state index is 7.39. The number of para-hydroxylation sites is 2. The molecule has 0 bridgehead atoms. The Balaban J connectivity index is 1.29. The first-order chi connectivity index (χ1) is 26.3. The molecule has 0 N–H and O–H groups in total. The van der Waals surface area contributed by atoms with Gasteiger partial charge in [0.05, 0.1) is 5.41 Å². The van der Waals surface area contributed by atoms with Crippen LogP contribution in [0, 0.1) is 0 Å². The van der Waals surface area contributed by atoms with E-state index in [2.05, 4.69) is 218 Å². The van der Waals surface area contributed by atoms with E-state index in [0.29, 0.717) is 0 Å². The third kappa shape index (κ3) is 6.05. The molecule has 254 valence electrons. The summed E-state index contributed by atoms with van der Waals surface area (Å²) in [6, 6.07) is 77.4. The lowest BCUT2D eigenvalue weighted by Gasteiger charge is -2.37. The Hall–Kier alpha value is -5.78. The first-order valence-electron chi connectivity index (χ1n) is 17.9. The highest BCUT2D eigenvalue weighted by atomic mass is 31.1. The Morgan fingerprint density at radius 1 is 0.264 bits per heavy atom. The normalized spacial score (nSPS) is 12.6. The van der Waals surface area contributed by atoms with Crippen molar-refractivity contribution in [3.63, 3.8) is 0 Å². The highest BCUT2D eigenvalue weighted by Gasteiger charge is 2.49. The van der Waals surface area contributed by atoms with Crippen molar-refractivity contribution >= 4 is 37.5 Å². The van der Waals surface area contributed by atoms with Crippen LogP contribution in [0.3, 0.4) is 0 Å². The molecule has 0 unspecified atom stereocenters. The van der Waals surface area contributed by atoms with Crippen molar-refractivity contribution in [1.82, 2.24) is 0 Å². The first kappa shape index (κ1) is 33.1. The fourth-order valence-corrected chi connectivity index (χ4v) is 11.1. The van der Waals surface area contributed by atoms with Crippen molar-refractivity contribution < 1.29 is 9.05 Å². The first-order valence-corrected chi connectivity index (χ1v) is 20.4. The molecule has 8 aromatic carbocycles. The van der Waals surface area contributed by atoms with Gasteiger partial charge in [-0.05, 0) is 34.4 Å². The second kappa shape index (κ2) is 14.7. The Bertz CT molecular complexity index is 2210. The molecular weight excluding hydrogens is 682 g/mol. The van der Waals surface area contributed by atoms with Gasteiger partial charge >= 0.3 is 0 Å². The van der Waals surface area contributed by atoms with Gasteiger partial charge in [0.2, 0.25) is 0 Å². The summed E-state index contributed by atoms with van der Waals surface area (Å²) in [6.07, 6.45) is 0. The SMILES string of the molecule is c1ccc(P(Oc2ccccc2C2(c3ccccc3OP(c3ccccc3)c3ccccc3)c3ccccc3-c3ccccc32)c2ccccc2)cc1. The minimum atomic E-state index is -1.19. The summed E-state index contributed by atoms with van der Waals surface area (Å²) in [5.41, 5.74) is 6.27. The van der Waals surface area contributed by atoms with Crippen LogP contribution in [0.5, 0.6) is 11.5 Å². The zero-order chi connectivity index (χ0) is 35.5. The van der Waals surface area contributed by atoms with Gasteiger partial charge in [-0.2, -0.15) is 0 Å². The van der Waals surface area contributed by atoms with E-state index in [1.807, 2.05) is 0 Å². The lowest BCUT2D eigenvalue weighted by Crippen LogP contribution is -2.30. The molecule has 53 heavy (non-hydrogen) atoms. The Labute approximate surface area is 314 Å². The van der Waals surface area contributed by atoms with E-state index in [4.69, 9.17) is 9.05 Å². The second-order valence-electron chi connectivity index (χ2n) is 12.9. The van der Waals surface area contributed by atoms with E-state index in [1.165, 1.54) is 22.3 Å². The monoisotopic (exact) mass is 718 g/mol. The summed E-state index contributed by atoms with van der Waals surface area (Å²) in [5.74, 6) is 1.70. The molecule has 4 heteroatoms. The molecule has 0 fully saturated rings. The van der Waals surface area contributed by atoms with Crippen LogP contribution in [0.1, 0.15) is 22.3 Å². The quantitative estimate of drug-likeness (QED) is 0.131. The maximum Gasteiger partial charge on any atom is 0.150 e. The Kier molecular flexibility index (Phi) is 9.17. The van der Waals surface area contributed by atoms with Gasteiger partial charge < -0.3 is 9.05 Å². The molecule has 0 atom stereocenters. The van der Waals surface area contributed by atoms with Crippen molar-refractivity contribution in [3.8, 4) is 22.6 Å². The fraction of sp³-hybridized carbons (Fsp3) is 0.0204. The van der Waals surface area contributed by atoms with E-state index in [9.17, 15) is 0 Å². The smallest absolute Gasteiger partial charge is 0.150 e. The van der Waals surface area contributed by atoms with Gasteiger partial charge in [0.15, 0.2) is 16.3 Å². The number of fused-ring (bicyclic) bond motifs is 3. The molecule has 0 radical (unpaired) electrons. The number of rotatable bonds is 10. The predicted octanol–water partition coefficient (Wildman–Crippen LogP) is 10.9. The largest absolute Gasteiger partial charge is 0.464 e. The average molecular weight is 719 g/mol. The molecule has 0 amide bonds. The van der Waals surface area contributed by atoms with Crippen molar-refractivity contribution in [1.29, 1.82) is 0 Å². The number of hydrogen-bond donors (Lipinski definition) is 0. The summed E-state index contributed by atoms with van der Waals surface area (Å²) in [6.45, 7) is 0.